The number of halogens is 2. The Kier molecular flexibility index (Phi) is 8.18. The second kappa shape index (κ2) is 9.93. The first-order valence-electron chi connectivity index (χ1n) is 9.14. The number of pyridine rings is 1. The summed E-state index contributed by atoms with van der Waals surface area (Å²) in [7, 11) is 0. The molecular weight excluding hydrogens is 395 g/mol. The van der Waals surface area contributed by atoms with Crippen LogP contribution in [-0.2, 0) is 9.47 Å². The van der Waals surface area contributed by atoms with E-state index in [1.165, 1.54) is 3.97 Å². The molecule has 1 unspecified atom stereocenters. The Morgan fingerprint density at radius 3 is 2.56 bits per heavy atom. The van der Waals surface area contributed by atoms with Crippen molar-refractivity contribution in [2.75, 3.05) is 13.2 Å². The Morgan fingerprint density at radius 2 is 1.89 bits per heavy atom. The number of nitrogens with zero attached hydrogens (tertiary/aromatic N) is 2. The molecule has 9 heteroatoms. The second-order valence-corrected chi connectivity index (χ2v) is 6.54. The summed E-state index contributed by atoms with van der Waals surface area (Å²) in [4.78, 5) is 4.34. The van der Waals surface area contributed by atoms with Gasteiger partial charge in [-0.05, 0) is 13.0 Å². The van der Waals surface area contributed by atoms with E-state index >= 15 is 0 Å². The zero-order valence-electron chi connectivity index (χ0n) is 16.1. The third-order valence-electron chi connectivity index (χ3n) is 4.16. The summed E-state index contributed by atoms with van der Waals surface area (Å²) >= 11 is 6.09. The zero-order valence-corrected chi connectivity index (χ0v) is 17.7. The van der Waals surface area contributed by atoms with Crippen LogP contribution in [0.1, 0.15) is 33.4 Å². The number of rotatable bonds is 3. The van der Waals surface area contributed by atoms with Gasteiger partial charge in [-0.1, -0.05) is 39.3 Å². The molecule has 0 amide bonds. The zero-order chi connectivity index (χ0) is 20.1. The largest absolute Gasteiger partial charge is 0.469 e. The standard InChI is InChI=1S/C14H14ClFN2O4S.2C2H6/c1-6-7(15)2-9-8(17-6)3-12(18(9)23-16)22-11-5-21-13-10(19)4-20-14(11)13;2*1-2/h2-3,10-11,13-14,19H,4-5H2,1H3;2*1-2H3/t10-,11-,13?,14-;;/m1../s1. The Balaban J connectivity index is 0.000000614. The van der Waals surface area contributed by atoms with Gasteiger partial charge in [0.15, 0.2) is 18.4 Å². The first-order chi connectivity index (χ1) is 13.1. The lowest BCUT2D eigenvalue weighted by Crippen LogP contribution is -2.34. The van der Waals surface area contributed by atoms with Crippen LogP contribution in [0.3, 0.4) is 0 Å². The lowest BCUT2D eigenvalue weighted by atomic mass is 10.1. The molecule has 0 bridgehead atoms. The van der Waals surface area contributed by atoms with Gasteiger partial charge in [-0.25, -0.2) is 8.96 Å². The lowest BCUT2D eigenvalue weighted by molar-refractivity contribution is 0.00776. The molecule has 2 aromatic heterocycles. The van der Waals surface area contributed by atoms with Crippen molar-refractivity contribution in [2.24, 2.45) is 0 Å². The van der Waals surface area contributed by atoms with Gasteiger partial charge in [-0.3, -0.25) is 0 Å². The fourth-order valence-corrected chi connectivity index (χ4v) is 3.54. The smallest absolute Gasteiger partial charge is 0.209 e. The van der Waals surface area contributed by atoms with E-state index in [1.54, 1.807) is 19.1 Å². The van der Waals surface area contributed by atoms with Gasteiger partial charge in [-0.2, -0.15) is 0 Å². The van der Waals surface area contributed by atoms with E-state index in [1.807, 2.05) is 27.7 Å². The van der Waals surface area contributed by atoms with Gasteiger partial charge in [0.25, 0.3) is 0 Å². The third kappa shape index (κ3) is 4.35. The van der Waals surface area contributed by atoms with Crippen LogP contribution in [0.15, 0.2) is 12.1 Å². The number of hydrogen-bond donors (Lipinski definition) is 1. The van der Waals surface area contributed by atoms with Crippen LogP contribution in [0.4, 0.5) is 3.89 Å². The van der Waals surface area contributed by atoms with Crippen LogP contribution in [0, 0.1) is 6.92 Å². The summed E-state index contributed by atoms with van der Waals surface area (Å²) in [6, 6.07) is 3.31. The number of hydrogen-bond acceptors (Lipinski definition) is 6. The minimum Gasteiger partial charge on any atom is -0.469 e. The van der Waals surface area contributed by atoms with E-state index in [9.17, 15) is 8.99 Å². The van der Waals surface area contributed by atoms with Crippen molar-refractivity contribution in [3.8, 4) is 5.88 Å². The topological polar surface area (TPSA) is 65.7 Å². The van der Waals surface area contributed by atoms with Gasteiger partial charge in [0.1, 0.15) is 18.3 Å². The molecule has 0 radical (unpaired) electrons. The predicted molar refractivity (Wildman–Crippen MR) is 106 cm³/mol. The number of fused-ring (bicyclic) bond motifs is 2. The fraction of sp³-hybridized carbons (Fsp3) is 0.611. The molecule has 2 aliphatic heterocycles. The molecule has 4 atom stereocenters. The molecule has 1 N–H and O–H groups in total. The summed E-state index contributed by atoms with van der Waals surface area (Å²) in [5.74, 6) is 0.306. The van der Waals surface area contributed by atoms with E-state index in [2.05, 4.69) is 4.98 Å². The Hall–Kier alpha value is -1.06. The molecule has 2 saturated heterocycles. The molecule has 2 aromatic rings. The lowest BCUT2D eigenvalue weighted by Gasteiger charge is -2.17. The van der Waals surface area contributed by atoms with Crippen molar-refractivity contribution >= 4 is 35.0 Å². The molecule has 0 aromatic carbocycles. The van der Waals surface area contributed by atoms with Crippen LogP contribution < -0.4 is 4.74 Å². The first-order valence-corrected chi connectivity index (χ1v) is 10.2. The van der Waals surface area contributed by atoms with Gasteiger partial charge >= 0.3 is 0 Å². The molecule has 6 nitrogen and oxygen atoms in total. The molecule has 152 valence electrons. The third-order valence-corrected chi connectivity index (χ3v) is 5.06. The monoisotopic (exact) mass is 420 g/mol. The van der Waals surface area contributed by atoms with Crippen molar-refractivity contribution < 1.29 is 23.2 Å². The van der Waals surface area contributed by atoms with Gasteiger partial charge in [0.2, 0.25) is 5.88 Å². The maximum atomic E-state index is 13.4. The van der Waals surface area contributed by atoms with E-state index in [0.29, 0.717) is 27.6 Å². The molecule has 2 fully saturated rings. The predicted octanol–water partition coefficient (Wildman–Crippen LogP) is 4.34. The highest BCUT2D eigenvalue weighted by molar-refractivity contribution is 7.93. The second-order valence-electron chi connectivity index (χ2n) is 5.63. The van der Waals surface area contributed by atoms with Crippen LogP contribution in [-0.4, -0.2) is 51.7 Å². The van der Waals surface area contributed by atoms with Gasteiger partial charge in [0.05, 0.1) is 35.0 Å². The highest BCUT2D eigenvalue weighted by Crippen LogP contribution is 2.35. The Labute approximate surface area is 168 Å². The summed E-state index contributed by atoms with van der Waals surface area (Å²) in [5.41, 5.74) is 1.79. The molecule has 0 aliphatic carbocycles. The Morgan fingerprint density at radius 1 is 1.22 bits per heavy atom. The summed E-state index contributed by atoms with van der Waals surface area (Å²) < 4.78 is 31.6. The SMILES string of the molecule is CC.CC.Cc1nc2cc(O[C@@H]3COC4[C@H](O)CO[C@@H]43)n(SF)c2cc1Cl. The van der Waals surface area contributed by atoms with Gasteiger partial charge < -0.3 is 19.3 Å². The summed E-state index contributed by atoms with van der Waals surface area (Å²) in [6.45, 7) is 10.3. The maximum Gasteiger partial charge on any atom is 0.209 e. The first kappa shape index (κ1) is 22.2. The minimum atomic E-state index is -0.655. The molecule has 0 spiro atoms. The fourth-order valence-electron chi connectivity index (χ4n) is 3.01. The van der Waals surface area contributed by atoms with Gasteiger partial charge in [0, 0.05) is 6.07 Å². The average Bonchev–Trinajstić information content (AvgIpc) is 3.35. The van der Waals surface area contributed by atoms with Crippen LogP contribution >= 0.6 is 23.9 Å². The molecular formula is C18H26ClFN2O4S. The Bertz CT molecular complexity index is 761. The number of aliphatic hydroxyl groups is 1. The number of ether oxygens (including phenoxy) is 3. The van der Waals surface area contributed by atoms with Crippen molar-refractivity contribution in [3.05, 3.63) is 22.8 Å². The normalized spacial score (nSPS) is 26.1. The minimum absolute atomic E-state index is 0.0173. The molecule has 0 saturated carbocycles. The molecule has 2 aliphatic rings. The summed E-state index contributed by atoms with van der Waals surface area (Å²) in [5, 5.41) is 10.2. The van der Waals surface area contributed by atoms with Crippen LogP contribution in [0.25, 0.3) is 11.0 Å². The maximum absolute atomic E-state index is 13.4. The number of aryl methyl sites for hydroxylation is 1. The van der Waals surface area contributed by atoms with Crippen LogP contribution in [0.5, 0.6) is 5.88 Å². The molecule has 4 heterocycles. The molecule has 4 rings (SSSR count). The van der Waals surface area contributed by atoms with Gasteiger partial charge in [-0.15, -0.1) is 3.89 Å². The van der Waals surface area contributed by atoms with Crippen molar-refractivity contribution in [1.29, 1.82) is 0 Å². The van der Waals surface area contributed by atoms with Crippen molar-refractivity contribution in [1.82, 2.24) is 8.96 Å². The van der Waals surface area contributed by atoms with E-state index in [-0.39, 0.29) is 31.7 Å². The summed E-state index contributed by atoms with van der Waals surface area (Å²) in [6.07, 6.45) is -1.83. The van der Waals surface area contributed by atoms with Crippen molar-refractivity contribution in [3.63, 3.8) is 0 Å². The van der Waals surface area contributed by atoms with E-state index in [4.69, 9.17) is 25.8 Å². The highest BCUT2D eigenvalue weighted by atomic mass is 35.5. The molecule has 27 heavy (non-hydrogen) atoms. The quantitative estimate of drug-likeness (QED) is 0.796. The van der Waals surface area contributed by atoms with E-state index < -0.39 is 18.3 Å². The average molecular weight is 421 g/mol. The number of aliphatic hydroxyl groups excluding tert-OH is 1. The van der Waals surface area contributed by atoms with Crippen LogP contribution in [0.2, 0.25) is 5.02 Å². The highest BCUT2D eigenvalue weighted by Gasteiger charge is 2.48. The van der Waals surface area contributed by atoms with Crippen molar-refractivity contribution in [2.45, 2.75) is 59.0 Å². The van der Waals surface area contributed by atoms with E-state index in [0.717, 1.165) is 0 Å². The number of aromatic nitrogens is 2.